The van der Waals surface area contributed by atoms with Gasteiger partial charge in [-0.05, 0) is 18.6 Å². The number of aliphatic carboxylic acids is 1. The van der Waals surface area contributed by atoms with Gasteiger partial charge >= 0.3 is 5.97 Å². The SMILES string of the molecule is CC(CC(=O)O)NC(=O)C(Cc1c[nH]c2ccccc12)NC(=O)C(C)C. The van der Waals surface area contributed by atoms with E-state index in [-0.39, 0.29) is 18.2 Å². The van der Waals surface area contributed by atoms with E-state index in [9.17, 15) is 14.4 Å². The maximum absolute atomic E-state index is 12.6. The molecule has 0 fully saturated rings. The first-order chi connectivity index (χ1) is 12.3. The van der Waals surface area contributed by atoms with E-state index in [1.165, 1.54) is 0 Å². The average Bonchev–Trinajstić information content (AvgIpc) is 2.96. The van der Waals surface area contributed by atoms with Crippen LogP contribution in [-0.4, -0.2) is 40.0 Å². The van der Waals surface area contributed by atoms with E-state index in [4.69, 9.17) is 5.11 Å². The molecular formula is C19H25N3O4. The number of carboxylic acid groups (broad SMARTS) is 1. The van der Waals surface area contributed by atoms with Crippen molar-refractivity contribution < 1.29 is 19.5 Å². The van der Waals surface area contributed by atoms with Crippen LogP contribution in [0.3, 0.4) is 0 Å². The average molecular weight is 359 g/mol. The Morgan fingerprint density at radius 1 is 1.08 bits per heavy atom. The highest BCUT2D eigenvalue weighted by molar-refractivity contribution is 5.90. The third kappa shape index (κ3) is 5.08. The Balaban J connectivity index is 2.18. The number of aromatic nitrogens is 1. The van der Waals surface area contributed by atoms with E-state index in [1.54, 1.807) is 20.8 Å². The number of fused-ring (bicyclic) bond motifs is 1. The van der Waals surface area contributed by atoms with Gasteiger partial charge in [-0.1, -0.05) is 32.0 Å². The molecule has 7 nitrogen and oxygen atoms in total. The van der Waals surface area contributed by atoms with Crippen molar-refractivity contribution >= 4 is 28.7 Å². The summed E-state index contributed by atoms with van der Waals surface area (Å²) in [5.41, 5.74) is 1.87. The van der Waals surface area contributed by atoms with Crippen LogP contribution in [-0.2, 0) is 20.8 Å². The normalized spacial score (nSPS) is 13.4. The lowest BCUT2D eigenvalue weighted by Gasteiger charge is -2.21. The number of hydrogen-bond donors (Lipinski definition) is 4. The van der Waals surface area contributed by atoms with Gasteiger partial charge in [-0.3, -0.25) is 14.4 Å². The molecule has 26 heavy (non-hydrogen) atoms. The van der Waals surface area contributed by atoms with Crippen LogP contribution in [0.5, 0.6) is 0 Å². The van der Waals surface area contributed by atoms with E-state index in [0.717, 1.165) is 16.5 Å². The molecule has 2 atom stereocenters. The first-order valence-electron chi connectivity index (χ1n) is 8.65. The standard InChI is InChI=1S/C19H25N3O4/c1-11(2)18(25)22-16(19(26)21-12(3)8-17(23)24)9-13-10-20-15-7-5-4-6-14(13)15/h4-7,10-12,16,20H,8-9H2,1-3H3,(H,21,26)(H,22,25)(H,23,24). The summed E-state index contributed by atoms with van der Waals surface area (Å²) in [4.78, 5) is 38.7. The summed E-state index contributed by atoms with van der Waals surface area (Å²) in [5.74, 6) is -1.86. The Hall–Kier alpha value is -2.83. The van der Waals surface area contributed by atoms with Gasteiger partial charge in [-0.15, -0.1) is 0 Å². The van der Waals surface area contributed by atoms with E-state index >= 15 is 0 Å². The molecule has 1 aromatic heterocycles. The topological polar surface area (TPSA) is 111 Å². The molecule has 140 valence electrons. The van der Waals surface area contributed by atoms with Crippen molar-refractivity contribution in [1.82, 2.24) is 15.6 Å². The third-order valence-corrected chi connectivity index (χ3v) is 4.13. The second-order valence-electron chi connectivity index (χ2n) is 6.79. The fraction of sp³-hybridized carbons (Fsp3) is 0.421. The molecule has 0 radical (unpaired) electrons. The van der Waals surface area contributed by atoms with Crippen LogP contribution >= 0.6 is 0 Å². The number of hydrogen-bond acceptors (Lipinski definition) is 3. The number of carbonyl (C=O) groups is 3. The summed E-state index contributed by atoms with van der Waals surface area (Å²) in [6.45, 7) is 5.13. The van der Waals surface area contributed by atoms with Crippen molar-refractivity contribution in [3.8, 4) is 0 Å². The minimum atomic E-state index is -0.989. The van der Waals surface area contributed by atoms with Gasteiger partial charge in [0.05, 0.1) is 6.42 Å². The number of amides is 2. The van der Waals surface area contributed by atoms with Crippen LogP contribution in [0.4, 0.5) is 0 Å². The van der Waals surface area contributed by atoms with E-state index in [1.807, 2.05) is 30.5 Å². The lowest BCUT2D eigenvalue weighted by atomic mass is 10.0. The van der Waals surface area contributed by atoms with Gasteiger partial charge in [0.25, 0.3) is 0 Å². The molecule has 1 aromatic carbocycles. The Morgan fingerprint density at radius 2 is 1.77 bits per heavy atom. The van der Waals surface area contributed by atoms with Gasteiger partial charge in [-0.2, -0.15) is 0 Å². The van der Waals surface area contributed by atoms with Gasteiger partial charge in [0.1, 0.15) is 6.04 Å². The molecule has 0 aliphatic rings. The maximum Gasteiger partial charge on any atom is 0.305 e. The monoisotopic (exact) mass is 359 g/mol. The molecule has 0 aliphatic heterocycles. The molecule has 0 saturated heterocycles. The summed E-state index contributed by atoms with van der Waals surface area (Å²) < 4.78 is 0. The van der Waals surface area contributed by atoms with Crippen molar-refractivity contribution in [3.63, 3.8) is 0 Å². The van der Waals surface area contributed by atoms with Crippen molar-refractivity contribution in [2.75, 3.05) is 0 Å². The Labute approximate surface area is 152 Å². The summed E-state index contributed by atoms with van der Waals surface area (Å²) in [5, 5.41) is 15.3. The predicted molar refractivity (Wildman–Crippen MR) is 98.6 cm³/mol. The van der Waals surface area contributed by atoms with Gasteiger partial charge in [-0.25, -0.2) is 0 Å². The van der Waals surface area contributed by atoms with Crippen LogP contribution in [0.1, 0.15) is 32.8 Å². The summed E-state index contributed by atoms with van der Waals surface area (Å²) in [6.07, 6.45) is 1.96. The zero-order valence-corrected chi connectivity index (χ0v) is 15.2. The van der Waals surface area contributed by atoms with Crippen LogP contribution in [0.25, 0.3) is 10.9 Å². The largest absolute Gasteiger partial charge is 0.481 e. The summed E-state index contributed by atoms with van der Waals surface area (Å²) >= 11 is 0. The number of carbonyl (C=O) groups excluding carboxylic acids is 2. The molecule has 0 bridgehead atoms. The van der Waals surface area contributed by atoms with Crippen molar-refractivity contribution in [1.29, 1.82) is 0 Å². The van der Waals surface area contributed by atoms with E-state index in [2.05, 4.69) is 15.6 Å². The number of aromatic amines is 1. The molecule has 0 aliphatic carbocycles. The quantitative estimate of drug-likeness (QED) is 0.576. The van der Waals surface area contributed by atoms with Crippen molar-refractivity contribution in [2.24, 2.45) is 5.92 Å². The highest BCUT2D eigenvalue weighted by Gasteiger charge is 2.25. The predicted octanol–water partition coefficient (Wildman–Crippen LogP) is 1.83. The molecule has 4 N–H and O–H groups in total. The molecule has 2 aromatic rings. The number of benzene rings is 1. The lowest BCUT2D eigenvalue weighted by Crippen LogP contribution is -2.51. The molecule has 0 saturated carbocycles. The first kappa shape index (κ1) is 19.5. The van der Waals surface area contributed by atoms with Gasteiger partial charge in [0, 0.05) is 35.5 Å². The van der Waals surface area contributed by atoms with Crippen LogP contribution in [0.2, 0.25) is 0 Å². The second-order valence-corrected chi connectivity index (χ2v) is 6.79. The molecule has 0 spiro atoms. The van der Waals surface area contributed by atoms with Crippen LogP contribution in [0.15, 0.2) is 30.5 Å². The maximum atomic E-state index is 12.6. The van der Waals surface area contributed by atoms with Crippen molar-refractivity contribution in [3.05, 3.63) is 36.0 Å². The summed E-state index contributed by atoms with van der Waals surface area (Å²) in [7, 11) is 0. The minimum absolute atomic E-state index is 0.177. The second kappa shape index (κ2) is 8.51. The van der Waals surface area contributed by atoms with Gasteiger partial charge < -0.3 is 20.7 Å². The number of nitrogens with one attached hydrogen (secondary N) is 3. The first-order valence-corrected chi connectivity index (χ1v) is 8.65. The van der Waals surface area contributed by atoms with Gasteiger partial charge in [0.2, 0.25) is 11.8 Å². The fourth-order valence-electron chi connectivity index (χ4n) is 2.72. The number of rotatable bonds is 8. The summed E-state index contributed by atoms with van der Waals surface area (Å²) in [6, 6.07) is 6.42. The lowest BCUT2D eigenvalue weighted by molar-refractivity contribution is -0.138. The smallest absolute Gasteiger partial charge is 0.305 e. The number of H-pyrrole nitrogens is 1. The third-order valence-electron chi connectivity index (χ3n) is 4.13. The van der Waals surface area contributed by atoms with Crippen molar-refractivity contribution in [2.45, 2.75) is 45.7 Å². The van der Waals surface area contributed by atoms with E-state index in [0.29, 0.717) is 6.42 Å². The van der Waals surface area contributed by atoms with Gasteiger partial charge in [0.15, 0.2) is 0 Å². The van der Waals surface area contributed by atoms with E-state index < -0.39 is 24.0 Å². The zero-order valence-electron chi connectivity index (χ0n) is 15.2. The Morgan fingerprint density at radius 3 is 2.42 bits per heavy atom. The molecular weight excluding hydrogens is 334 g/mol. The molecule has 7 heteroatoms. The zero-order chi connectivity index (χ0) is 19.3. The molecule has 2 rings (SSSR count). The van der Waals surface area contributed by atoms with Crippen LogP contribution < -0.4 is 10.6 Å². The number of para-hydroxylation sites is 1. The Kier molecular flexibility index (Phi) is 6.38. The highest BCUT2D eigenvalue weighted by atomic mass is 16.4. The number of carboxylic acids is 1. The molecule has 2 amide bonds. The molecule has 1 heterocycles. The van der Waals surface area contributed by atoms with Crippen LogP contribution in [0, 0.1) is 5.92 Å². The minimum Gasteiger partial charge on any atom is -0.481 e. The fourth-order valence-corrected chi connectivity index (χ4v) is 2.72. The highest BCUT2D eigenvalue weighted by Crippen LogP contribution is 2.19. The Bertz CT molecular complexity index is 797. The molecule has 2 unspecified atom stereocenters.